The van der Waals surface area contributed by atoms with Crippen LogP contribution in [0.3, 0.4) is 0 Å². The molecule has 1 aromatic heterocycles. The summed E-state index contributed by atoms with van der Waals surface area (Å²) in [6.45, 7) is 6.35. The van der Waals surface area contributed by atoms with Crippen molar-refractivity contribution in [2.45, 2.75) is 20.4 Å². The van der Waals surface area contributed by atoms with Crippen LogP contribution in [-0.2, 0) is 6.54 Å². The Kier molecular flexibility index (Phi) is 2.39. The molecule has 14 heavy (non-hydrogen) atoms. The van der Waals surface area contributed by atoms with E-state index < -0.39 is 0 Å². The Morgan fingerprint density at radius 1 is 1.50 bits per heavy atom. The molecule has 0 aliphatic carbocycles. The SMILES string of the molecule is Cc1noc(C)c1CNC1=NCCN1. The second kappa shape index (κ2) is 3.69. The maximum absolute atomic E-state index is 5.06. The number of hydrogen-bond acceptors (Lipinski definition) is 5. The monoisotopic (exact) mass is 194 g/mol. The molecular weight excluding hydrogens is 180 g/mol. The maximum atomic E-state index is 5.06. The van der Waals surface area contributed by atoms with Gasteiger partial charge in [-0.1, -0.05) is 5.16 Å². The Bertz CT molecular complexity index is 336. The Labute approximate surface area is 82.6 Å². The van der Waals surface area contributed by atoms with Gasteiger partial charge in [0.25, 0.3) is 0 Å². The van der Waals surface area contributed by atoms with Crippen LogP contribution in [0.5, 0.6) is 0 Å². The molecule has 0 unspecified atom stereocenters. The quantitative estimate of drug-likeness (QED) is 0.712. The molecule has 0 saturated carbocycles. The fourth-order valence-corrected chi connectivity index (χ4v) is 1.44. The number of nitrogens with one attached hydrogen (secondary N) is 2. The number of rotatable bonds is 2. The van der Waals surface area contributed by atoms with Crippen molar-refractivity contribution in [1.82, 2.24) is 15.8 Å². The van der Waals surface area contributed by atoms with Gasteiger partial charge in [-0.15, -0.1) is 0 Å². The van der Waals surface area contributed by atoms with Gasteiger partial charge >= 0.3 is 0 Å². The van der Waals surface area contributed by atoms with Crippen LogP contribution in [0.15, 0.2) is 9.52 Å². The first-order valence-electron chi connectivity index (χ1n) is 4.71. The van der Waals surface area contributed by atoms with Crippen molar-refractivity contribution >= 4 is 5.96 Å². The normalized spacial score (nSPS) is 15.1. The third-order valence-corrected chi connectivity index (χ3v) is 2.29. The van der Waals surface area contributed by atoms with E-state index in [1.807, 2.05) is 13.8 Å². The zero-order valence-electron chi connectivity index (χ0n) is 8.42. The molecule has 0 saturated heterocycles. The molecule has 0 fully saturated rings. The van der Waals surface area contributed by atoms with Gasteiger partial charge in [-0.25, -0.2) is 0 Å². The molecular formula is C9H14N4O. The van der Waals surface area contributed by atoms with Crippen LogP contribution in [0.4, 0.5) is 0 Å². The van der Waals surface area contributed by atoms with E-state index in [0.29, 0.717) is 6.54 Å². The van der Waals surface area contributed by atoms with E-state index in [4.69, 9.17) is 4.52 Å². The van der Waals surface area contributed by atoms with Crippen molar-refractivity contribution in [1.29, 1.82) is 0 Å². The van der Waals surface area contributed by atoms with E-state index in [9.17, 15) is 0 Å². The fraction of sp³-hybridized carbons (Fsp3) is 0.556. The highest BCUT2D eigenvalue weighted by atomic mass is 16.5. The molecule has 0 amide bonds. The van der Waals surface area contributed by atoms with E-state index in [1.54, 1.807) is 0 Å². The van der Waals surface area contributed by atoms with Crippen molar-refractivity contribution in [3.63, 3.8) is 0 Å². The van der Waals surface area contributed by atoms with E-state index in [2.05, 4.69) is 20.8 Å². The molecule has 2 N–H and O–H groups in total. The van der Waals surface area contributed by atoms with Gasteiger partial charge < -0.3 is 15.2 Å². The van der Waals surface area contributed by atoms with Crippen molar-refractivity contribution in [2.24, 2.45) is 4.99 Å². The lowest BCUT2D eigenvalue weighted by Gasteiger charge is -2.05. The second-order valence-electron chi connectivity index (χ2n) is 3.31. The third-order valence-electron chi connectivity index (χ3n) is 2.29. The molecule has 0 atom stereocenters. The summed E-state index contributed by atoms with van der Waals surface area (Å²) in [7, 11) is 0. The van der Waals surface area contributed by atoms with Crippen molar-refractivity contribution in [3.8, 4) is 0 Å². The summed E-state index contributed by atoms with van der Waals surface area (Å²) in [6, 6.07) is 0. The Morgan fingerprint density at radius 2 is 2.36 bits per heavy atom. The van der Waals surface area contributed by atoms with Crippen LogP contribution < -0.4 is 10.6 Å². The van der Waals surface area contributed by atoms with Gasteiger partial charge in [0.05, 0.1) is 12.2 Å². The highest BCUT2D eigenvalue weighted by molar-refractivity contribution is 5.81. The summed E-state index contributed by atoms with van der Waals surface area (Å²) in [5, 5.41) is 10.2. The van der Waals surface area contributed by atoms with Crippen LogP contribution >= 0.6 is 0 Å². The second-order valence-corrected chi connectivity index (χ2v) is 3.31. The van der Waals surface area contributed by atoms with Gasteiger partial charge in [-0.3, -0.25) is 4.99 Å². The van der Waals surface area contributed by atoms with Crippen molar-refractivity contribution < 1.29 is 4.52 Å². The molecule has 0 bridgehead atoms. The van der Waals surface area contributed by atoms with Crippen LogP contribution in [0.2, 0.25) is 0 Å². The molecule has 0 aromatic carbocycles. The molecule has 2 heterocycles. The lowest BCUT2D eigenvalue weighted by atomic mass is 10.2. The molecule has 5 heteroatoms. The summed E-state index contributed by atoms with van der Waals surface area (Å²) < 4.78 is 5.06. The predicted molar refractivity (Wildman–Crippen MR) is 53.1 cm³/mol. The van der Waals surface area contributed by atoms with E-state index in [-0.39, 0.29) is 0 Å². The number of aryl methyl sites for hydroxylation is 2. The number of nitrogens with zero attached hydrogens (tertiary/aromatic N) is 2. The van der Waals surface area contributed by atoms with Gasteiger partial charge in [0.15, 0.2) is 5.96 Å². The largest absolute Gasteiger partial charge is 0.361 e. The highest BCUT2D eigenvalue weighted by Crippen LogP contribution is 2.11. The van der Waals surface area contributed by atoms with Crippen LogP contribution in [0.1, 0.15) is 17.0 Å². The average Bonchev–Trinajstić information content (AvgIpc) is 2.76. The molecule has 1 aliphatic heterocycles. The molecule has 0 spiro atoms. The Morgan fingerprint density at radius 3 is 2.93 bits per heavy atom. The zero-order valence-corrected chi connectivity index (χ0v) is 8.42. The average molecular weight is 194 g/mol. The Hall–Kier alpha value is -1.52. The number of aromatic nitrogens is 1. The Balaban J connectivity index is 1.97. The topological polar surface area (TPSA) is 62.5 Å². The van der Waals surface area contributed by atoms with E-state index in [0.717, 1.165) is 36.1 Å². The maximum Gasteiger partial charge on any atom is 0.191 e. The fourth-order valence-electron chi connectivity index (χ4n) is 1.44. The molecule has 0 radical (unpaired) electrons. The van der Waals surface area contributed by atoms with Crippen molar-refractivity contribution in [3.05, 3.63) is 17.0 Å². The number of hydrogen-bond donors (Lipinski definition) is 2. The molecule has 1 aromatic rings. The summed E-state index contributed by atoms with van der Waals surface area (Å²) >= 11 is 0. The number of aliphatic imine (C=N–C) groups is 1. The minimum Gasteiger partial charge on any atom is -0.361 e. The van der Waals surface area contributed by atoms with Crippen LogP contribution in [0.25, 0.3) is 0 Å². The third kappa shape index (κ3) is 1.71. The standard InChI is InChI=1S/C9H14N4O/c1-6-8(7(2)14-13-6)5-12-9-10-3-4-11-9/h3-5H2,1-2H3,(H2,10,11,12). The number of guanidine groups is 1. The predicted octanol–water partition coefficient (Wildman–Crippen LogP) is 0.340. The summed E-state index contributed by atoms with van der Waals surface area (Å²) in [5.41, 5.74) is 2.05. The minimum atomic E-state index is 0.715. The van der Waals surface area contributed by atoms with Gasteiger partial charge in [-0.05, 0) is 13.8 Å². The first kappa shape index (κ1) is 9.05. The van der Waals surface area contributed by atoms with Crippen LogP contribution in [0, 0.1) is 13.8 Å². The molecule has 1 aliphatic rings. The lowest BCUT2D eigenvalue weighted by Crippen LogP contribution is -2.33. The zero-order chi connectivity index (χ0) is 9.97. The molecule has 76 valence electrons. The summed E-state index contributed by atoms with van der Waals surface area (Å²) in [4.78, 5) is 4.24. The van der Waals surface area contributed by atoms with Gasteiger partial charge in [-0.2, -0.15) is 0 Å². The van der Waals surface area contributed by atoms with Gasteiger partial charge in [0.1, 0.15) is 5.76 Å². The summed E-state index contributed by atoms with van der Waals surface area (Å²) in [5.74, 6) is 1.73. The molecule has 2 rings (SSSR count). The summed E-state index contributed by atoms with van der Waals surface area (Å²) in [6.07, 6.45) is 0. The first-order chi connectivity index (χ1) is 6.77. The van der Waals surface area contributed by atoms with Gasteiger partial charge in [0.2, 0.25) is 0 Å². The lowest BCUT2D eigenvalue weighted by molar-refractivity contribution is 0.392. The highest BCUT2D eigenvalue weighted by Gasteiger charge is 2.10. The van der Waals surface area contributed by atoms with Crippen LogP contribution in [-0.4, -0.2) is 24.2 Å². The van der Waals surface area contributed by atoms with Crippen molar-refractivity contribution in [2.75, 3.05) is 13.1 Å². The van der Waals surface area contributed by atoms with Gasteiger partial charge in [0, 0.05) is 18.7 Å². The first-order valence-corrected chi connectivity index (χ1v) is 4.71. The molecule has 5 nitrogen and oxygen atoms in total. The smallest absolute Gasteiger partial charge is 0.191 e. The van der Waals surface area contributed by atoms with E-state index >= 15 is 0 Å². The minimum absolute atomic E-state index is 0.715. The van der Waals surface area contributed by atoms with E-state index in [1.165, 1.54) is 0 Å².